The third-order valence-corrected chi connectivity index (χ3v) is 11.3. The van der Waals surface area contributed by atoms with E-state index < -0.39 is 0 Å². The van der Waals surface area contributed by atoms with Crippen LogP contribution >= 0.6 is 0 Å². The van der Waals surface area contributed by atoms with E-state index in [2.05, 4.69) is 239 Å². The summed E-state index contributed by atoms with van der Waals surface area (Å²) in [6, 6.07) is 81.2. The number of hydrogen-bond acceptors (Lipinski definition) is 2. The van der Waals surface area contributed by atoms with E-state index in [1.54, 1.807) is 0 Å². The number of anilines is 6. The van der Waals surface area contributed by atoms with Gasteiger partial charge in [0.1, 0.15) is 0 Å². The van der Waals surface area contributed by atoms with Gasteiger partial charge in [-0.3, -0.25) is 0 Å². The van der Waals surface area contributed by atoms with Crippen LogP contribution in [-0.4, -0.2) is 4.57 Å². The Hall–Kier alpha value is -7.62. The van der Waals surface area contributed by atoms with Crippen LogP contribution in [0.25, 0.3) is 59.8 Å². The Kier molecular flexibility index (Phi) is 7.82. The highest BCUT2D eigenvalue weighted by Gasteiger charge is 2.21. The predicted octanol–water partition coefficient (Wildman–Crippen LogP) is 15.2. The van der Waals surface area contributed by atoms with Crippen molar-refractivity contribution in [3.8, 4) is 5.69 Å². The number of benzene rings is 10. The molecule has 3 heteroatoms. The van der Waals surface area contributed by atoms with Crippen molar-refractivity contribution in [2.75, 3.05) is 9.80 Å². The van der Waals surface area contributed by atoms with E-state index in [0.29, 0.717) is 0 Å². The molecule has 11 aromatic rings. The van der Waals surface area contributed by atoms with Crippen LogP contribution in [0.4, 0.5) is 34.1 Å². The van der Waals surface area contributed by atoms with Crippen molar-refractivity contribution in [2.45, 2.75) is 0 Å². The summed E-state index contributed by atoms with van der Waals surface area (Å²) in [5.74, 6) is 0. The van der Waals surface area contributed by atoms with Crippen LogP contribution < -0.4 is 9.80 Å². The molecule has 11 rings (SSSR count). The molecule has 1 aromatic heterocycles. The zero-order chi connectivity index (χ0) is 37.7. The van der Waals surface area contributed by atoms with Crippen LogP contribution in [0, 0.1) is 0 Å². The molecular weight excluding hydrogens is 691 g/mol. The predicted molar refractivity (Wildman–Crippen MR) is 243 cm³/mol. The first-order chi connectivity index (χ1) is 28.3. The molecule has 0 fully saturated rings. The van der Waals surface area contributed by atoms with Crippen molar-refractivity contribution >= 4 is 88.2 Å². The van der Waals surface area contributed by atoms with Gasteiger partial charge in [0.2, 0.25) is 0 Å². The number of fused-ring (bicyclic) bond motifs is 8. The standard InChI is InChI=1S/C54H37N3/c1-4-17-39(18-5-1)55(40-19-6-2-7-20-40)42-23-14-24-43(36-42)56(52-29-15-27-46-48-32-30-38-16-10-11-25-45(38)47(48)33-34-50(46)52)44-31-35-54-51(37-44)49-26-12-13-28-53(49)57(54)41-21-8-3-9-22-41/h1-37H. The van der Waals surface area contributed by atoms with Crippen LogP contribution in [0.5, 0.6) is 0 Å². The Bertz CT molecular complexity index is 3200. The molecule has 0 atom stereocenters. The van der Waals surface area contributed by atoms with Crippen molar-refractivity contribution in [3.05, 3.63) is 224 Å². The maximum absolute atomic E-state index is 2.45. The topological polar surface area (TPSA) is 11.4 Å². The Morgan fingerprint density at radius 2 is 0.772 bits per heavy atom. The Labute approximate surface area is 331 Å². The lowest BCUT2D eigenvalue weighted by molar-refractivity contribution is 1.18. The summed E-state index contributed by atoms with van der Waals surface area (Å²) in [5, 5.41) is 9.90. The van der Waals surface area contributed by atoms with E-state index in [9.17, 15) is 0 Å². The van der Waals surface area contributed by atoms with Gasteiger partial charge in [0, 0.05) is 50.3 Å². The van der Waals surface area contributed by atoms with Crippen molar-refractivity contribution in [2.24, 2.45) is 0 Å². The minimum absolute atomic E-state index is 1.07. The molecule has 0 N–H and O–H groups in total. The van der Waals surface area contributed by atoms with E-state index in [-0.39, 0.29) is 0 Å². The van der Waals surface area contributed by atoms with Gasteiger partial charge in [-0.25, -0.2) is 0 Å². The molecule has 57 heavy (non-hydrogen) atoms. The number of nitrogens with zero attached hydrogens (tertiary/aromatic N) is 3. The zero-order valence-electron chi connectivity index (χ0n) is 31.2. The molecule has 0 radical (unpaired) electrons. The van der Waals surface area contributed by atoms with Crippen LogP contribution in [-0.2, 0) is 0 Å². The molecule has 0 aliphatic carbocycles. The molecule has 0 aliphatic heterocycles. The smallest absolute Gasteiger partial charge is 0.0542 e. The fraction of sp³-hybridized carbons (Fsp3) is 0. The summed E-state index contributed by atoms with van der Waals surface area (Å²) in [4.78, 5) is 4.78. The van der Waals surface area contributed by atoms with Gasteiger partial charge in [-0.2, -0.15) is 0 Å². The lowest BCUT2D eigenvalue weighted by atomic mass is 9.96. The quantitative estimate of drug-likeness (QED) is 0.151. The van der Waals surface area contributed by atoms with Gasteiger partial charge in [0.05, 0.1) is 16.7 Å². The molecule has 0 saturated carbocycles. The molecule has 0 spiro atoms. The number of aromatic nitrogens is 1. The highest BCUT2D eigenvalue weighted by Crippen LogP contribution is 2.45. The van der Waals surface area contributed by atoms with E-state index in [0.717, 1.165) is 39.8 Å². The average molecular weight is 728 g/mol. The third-order valence-electron chi connectivity index (χ3n) is 11.3. The first-order valence-electron chi connectivity index (χ1n) is 19.5. The second-order valence-corrected chi connectivity index (χ2v) is 14.6. The fourth-order valence-electron chi connectivity index (χ4n) is 8.79. The average Bonchev–Trinajstić information content (AvgIpc) is 3.61. The van der Waals surface area contributed by atoms with E-state index in [4.69, 9.17) is 0 Å². The SMILES string of the molecule is c1ccc(N(c2ccccc2)c2cccc(N(c3ccc4c(c3)c3ccccc3n4-c3ccccc3)c3cccc4c3ccc3c5ccccc5ccc43)c2)cc1. The molecule has 10 aromatic carbocycles. The van der Waals surface area contributed by atoms with Crippen molar-refractivity contribution in [1.82, 2.24) is 4.57 Å². The Morgan fingerprint density at radius 3 is 1.54 bits per heavy atom. The normalized spacial score (nSPS) is 11.5. The summed E-state index contributed by atoms with van der Waals surface area (Å²) in [7, 11) is 0. The Morgan fingerprint density at radius 1 is 0.263 bits per heavy atom. The highest BCUT2D eigenvalue weighted by atomic mass is 15.2. The zero-order valence-corrected chi connectivity index (χ0v) is 31.2. The number of hydrogen-bond donors (Lipinski definition) is 0. The fourth-order valence-corrected chi connectivity index (χ4v) is 8.79. The summed E-state index contributed by atoms with van der Waals surface area (Å²) in [6.45, 7) is 0. The molecule has 0 aliphatic rings. The molecule has 0 saturated heterocycles. The van der Waals surface area contributed by atoms with Crippen LogP contribution in [0.3, 0.4) is 0 Å². The van der Waals surface area contributed by atoms with Gasteiger partial charge >= 0.3 is 0 Å². The van der Waals surface area contributed by atoms with Gasteiger partial charge in [-0.1, -0.05) is 140 Å². The summed E-state index contributed by atoms with van der Waals surface area (Å²) in [6.07, 6.45) is 0. The minimum atomic E-state index is 1.07. The van der Waals surface area contributed by atoms with Gasteiger partial charge in [0.25, 0.3) is 0 Å². The summed E-state index contributed by atoms with van der Waals surface area (Å²) >= 11 is 0. The minimum Gasteiger partial charge on any atom is -0.310 e. The monoisotopic (exact) mass is 727 g/mol. The summed E-state index contributed by atoms with van der Waals surface area (Å²) < 4.78 is 2.38. The van der Waals surface area contributed by atoms with E-state index in [1.165, 1.54) is 54.1 Å². The molecule has 0 unspecified atom stereocenters. The lowest BCUT2D eigenvalue weighted by Crippen LogP contribution is -2.13. The van der Waals surface area contributed by atoms with Gasteiger partial charge in [-0.05, 0) is 112 Å². The van der Waals surface area contributed by atoms with Gasteiger partial charge in [-0.15, -0.1) is 0 Å². The molecule has 0 bridgehead atoms. The summed E-state index contributed by atoms with van der Waals surface area (Å²) in [5.41, 5.74) is 10.1. The molecular formula is C54H37N3. The Balaban J connectivity index is 1.17. The highest BCUT2D eigenvalue weighted by molar-refractivity contribution is 6.20. The molecule has 1 heterocycles. The molecule has 3 nitrogen and oxygen atoms in total. The van der Waals surface area contributed by atoms with Gasteiger partial charge < -0.3 is 14.4 Å². The largest absolute Gasteiger partial charge is 0.310 e. The maximum atomic E-state index is 2.45. The second kappa shape index (κ2) is 13.6. The third kappa shape index (κ3) is 5.51. The number of rotatable bonds is 7. The van der Waals surface area contributed by atoms with E-state index in [1.807, 2.05) is 0 Å². The number of para-hydroxylation sites is 4. The first kappa shape index (κ1) is 32.8. The van der Waals surface area contributed by atoms with Crippen molar-refractivity contribution in [1.29, 1.82) is 0 Å². The van der Waals surface area contributed by atoms with Crippen molar-refractivity contribution < 1.29 is 0 Å². The van der Waals surface area contributed by atoms with Crippen LogP contribution in [0.2, 0.25) is 0 Å². The van der Waals surface area contributed by atoms with Crippen molar-refractivity contribution in [3.63, 3.8) is 0 Å². The second-order valence-electron chi connectivity index (χ2n) is 14.6. The van der Waals surface area contributed by atoms with Crippen LogP contribution in [0.1, 0.15) is 0 Å². The molecule has 268 valence electrons. The first-order valence-corrected chi connectivity index (χ1v) is 19.5. The van der Waals surface area contributed by atoms with Gasteiger partial charge in [0.15, 0.2) is 0 Å². The van der Waals surface area contributed by atoms with E-state index >= 15 is 0 Å². The molecule has 0 amide bonds. The maximum Gasteiger partial charge on any atom is 0.0542 e. The van der Waals surface area contributed by atoms with Crippen LogP contribution in [0.15, 0.2) is 224 Å². The lowest BCUT2D eigenvalue weighted by Gasteiger charge is -2.30.